The van der Waals surface area contributed by atoms with Crippen molar-refractivity contribution in [3.63, 3.8) is 0 Å². The average molecular weight is 269 g/mol. The number of anilines is 1. The molecule has 1 aliphatic heterocycles. The standard InChI is InChI=1S/C13H23N3OS/c1-4-5-10-11(8-14)18-12(15-10)16-6-7-17-9-13(16,2)3/h4-9,14H2,1-3H3. The predicted octanol–water partition coefficient (Wildman–Crippen LogP) is 2.17. The van der Waals surface area contributed by atoms with Crippen LogP contribution in [0.1, 0.15) is 37.8 Å². The third kappa shape index (κ3) is 2.68. The molecule has 0 aliphatic carbocycles. The smallest absolute Gasteiger partial charge is 0.186 e. The molecule has 0 unspecified atom stereocenters. The van der Waals surface area contributed by atoms with Gasteiger partial charge >= 0.3 is 0 Å². The van der Waals surface area contributed by atoms with Gasteiger partial charge in [-0.15, -0.1) is 11.3 Å². The topological polar surface area (TPSA) is 51.4 Å². The molecule has 1 saturated heterocycles. The number of hydrogen-bond acceptors (Lipinski definition) is 5. The quantitative estimate of drug-likeness (QED) is 0.910. The lowest BCUT2D eigenvalue weighted by Gasteiger charge is -2.42. The Morgan fingerprint density at radius 3 is 2.89 bits per heavy atom. The SMILES string of the molecule is CCCc1nc(N2CCOCC2(C)C)sc1CN. The minimum Gasteiger partial charge on any atom is -0.377 e. The molecule has 2 N–H and O–H groups in total. The Bertz CT molecular complexity index is 403. The van der Waals surface area contributed by atoms with E-state index in [4.69, 9.17) is 15.5 Å². The summed E-state index contributed by atoms with van der Waals surface area (Å²) < 4.78 is 5.56. The van der Waals surface area contributed by atoms with Gasteiger partial charge in [0.1, 0.15) is 0 Å². The van der Waals surface area contributed by atoms with Crippen molar-refractivity contribution in [1.82, 2.24) is 4.98 Å². The van der Waals surface area contributed by atoms with Gasteiger partial charge in [-0.1, -0.05) is 13.3 Å². The lowest BCUT2D eigenvalue weighted by Crippen LogP contribution is -2.53. The molecular formula is C13H23N3OS. The summed E-state index contributed by atoms with van der Waals surface area (Å²) in [6, 6.07) is 0. The highest BCUT2D eigenvalue weighted by Gasteiger charge is 2.32. The fourth-order valence-corrected chi connectivity index (χ4v) is 3.46. The molecule has 2 heterocycles. The van der Waals surface area contributed by atoms with Crippen LogP contribution in [0.4, 0.5) is 5.13 Å². The molecule has 0 amide bonds. The molecule has 0 atom stereocenters. The van der Waals surface area contributed by atoms with Gasteiger partial charge in [-0.3, -0.25) is 0 Å². The van der Waals surface area contributed by atoms with Crippen molar-refractivity contribution in [3.8, 4) is 0 Å². The molecule has 0 saturated carbocycles. The fraction of sp³-hybridized carbons (Fsp3) is 0.769. The van der Waals surface area contributed by atoms with E-state index in [2.05, 4.69) is 25.7 Å². The number of thiazole rings is 1. The van der Waals surface area contributed by atoms with Gasteiger partial charge in [-0.2, -0.15) is 0 Å². The largest absolute Gasteiger partial charge is 0.377 e. The van der Waals surface area contributed by atoms with Gasteiger partial charge in [0, 0.05) is 18.0 Å². The summed E-state index contributed by atoms with van der Waals surface area (Å²) in [5, 5.41) is 1.10. The van der Waals surface area contributed by atoms with Crippen molar-refractivity contribution in [3.05, 3.63) is 10.6 Å². The zero-order valence-corrected chi connectivity index (χ0v) is 12.3. The summed E-state index contributed by atoms with van der Waals surface area (Å²) in [5.74, 6) is 0. The third-order valence-electron chi connectivity index (χ3n) is 3.32. The first-order valence-corrected chi connectivity index (χ1v) is 7.44. The first-order chi connectivity index (χ1) is 8.58. The number of ether oxygens (including phenoxy) is 1. The van der Waals surface area contributed by atoms with Crippen LogP contribution in [-0.2, 0) is 17.7 Å². The Hall–Kier alpha value is -0.650. The van der Waals surface area contributed by atoms with Gasteiger partial charge < -0.3 is 15.4 Å². The highest BCUT2D eigenvalue weighted by molar-refractivity contribution is 7.15. The van der Waals surface area contributed by atoms with E-state index in [1.807, 2.05) is 0 Å². The number of aryl methyl sites for hydroxylation is 1. The fourth-order valence-electron chi connectivity index (χ4n) is 2.29. The maximum absolute atomic E-state index is 5.82. The molecule has 18 heavy (non-hydrogen) atoms. The summed E-state index contributed by atoms with van der Waals surface area (Å²) in [5.41, 5.74) is 7.02. The van der Waals surface area contributed by atoms with Crippen LogP contribution >= 0.6 is 11.3 Å². The van der Waals surface area contributed by atoms with E-state index < -0.39 is 0 Å². The average Bonchev–Trinajstić information content (AvgIpc) is 2.72. The Kier molecular flexibility index (Phi) is 4.25. The highest BCUT2D eigenvalue weighted by Crippen LogP contribution is 2.33. The second kappa shape index (κ2) is 5.55. The summed E-state index contributed by atoms with van der Waals surface area (Å²) in [7, 11) is 0. The molecule has 0 spiro atoms. The molecule has 1 aromatic heterocycles. The molecule has 1 fully saturated rings. The van der Waals surface area contributed by atoms with Gasteiger partial charge in [0.2, 0.25) is 0 Å². The van der Waals surface area contributed by atoms with E-state index in [0.29, 0.717) is 6.54 Å². The van der Waals surface area contributed by atoms with Crippen LogP contribution in [0, 0.1) is 0 Å². The maximum atomic E-state index is 5.82. The monoisotopic (exact) mass is 269 g/mol. The van der Waals surface area contributed by atoms with Crippen LogP contribution in [0.25, 0.3) is 0 Å². The number of nitrogens with two attached hydrogens (primary N) is 1. The predicted molar refractivity (Wildman–Crippen MR) is 76.2 cm³/mol. The molecular weight excluding hydrogens is 246 g/mol. The van der Waals surface area contributed by atoms with Gasteiger partial charge in [-0.25, -0.2) is 4.98 Å². The Morgan fingerprint density at radius 1 is 1.50 bits per heavy atom. The molecule has 2 rings (SSSR count). The van der Waals surface area contributed by atoms with Crippen molar-refractivity contribution < 1.29 is 4.74 Å². The number of rotatable bonds is 4. The van der Waals surface area contributed by atoms with E-state index in [1.165, 1.54) is 10.6 Å². The van der Waals surface area contributed by atoms with Gasteiger partial charge in [0.15, 0.2) is 5.13 Å². The van der Waals surface area contributed by atoms with Crippen molar-refractivity contribution in [2.45, 2.75) is 45.7 Å². The minimum atomic E-state index is 0.0193. The zero-order chi connectivity index (χ0) is 13.2. The highest BCUT2D eigenvalue weighted by atomic mass is 32.1. The molecule has 1 aromatic rings. The summed E-state index contributed by atoms with van der Waals surface area (Å²) in [6.07, 6.45) is 2.14. The van der Waals surface area contributed by atoms with Gasteiger partial charge in [-0.05, 0) is 20.3 Å². The van der Waals surface area contributed by atoms with Crippen LogP contribution in [0.5, 0.6) is 0 Å². The normalized spacial score (nSPS) is 19.2. The van der Waals surface area contributed by atoms with Crippen molar-refractivity contribution in [2.75, 3.05) is 24.7 Å². The first kappa shape index (κ1) is 13.8. The number of hydrogen-bond donors (Lipinski definition) is 1. The molecule has 0 aromatic carbocycles. The molecule has 1 aliphatic rings. The van der Waals surface area contributed by atoms with E-state index in [-0.39, 0.29) is 5.54 Å². The number of aromatic nitrogens is 1. The third-order valence-corrected chi connectivity index (χ3v) is 4.46. The maximum Gasteiger partial charge on any atom is 0.186 e. The lowest BCUT2D eigenvalue weighted by molar-refractivity contribution is 0.0643. The van der Waals surface area contributed by atoms with E-state index in [1.54, 1.807) is 11.3 Å². The zero-order valence-electron chi connectivity index (χ0n) is 11.5. The number of morpholine rings is 1. The van der Waals surface area contributed by atoms with Crippen LogP contribution in [0.2, 0.25) is 0 Å². The van der Waals surface area contributed by atoms with Gasteiger partial charge in [0.05, 0.1) is 24.4 Å². The van der Waals surface area contributed by atoms with Crippen LogP contribution < -0.4 is 10.6 Å². The number of nitrogens with zero attached hydrogens (tertiary/aromatic N) is 2. The minimum absolute atomic E-state index is 0.0193. The van der Waals surface area contributed by atoms with Gasteiger partial charge in [0.25, 0.3) is 0 Å². The Labute approximate surface area is 113 Å². The van der Waals surface area contributed by atoms with Crippen LogP contribution in [-0.4, -0.2) is 30.3 Å². The Morgan fingerprint density at radius 2 is 2.28 bits per heavy atom. The Balaban J connectivity index is 2.26. The second-order valence-electron chi connectivity index (χ2n) is 5.34. The molecule has 102 valence electrons. The first-order valence-electron chi connectivity index (χ1n) is 6.62. The van der Waals surface area contributed by atoms with Crippen LogP contribution in [0.15, 0.2) is 0 Å². The van der Waals surface area contributed by atoms with Crippen molar-refractivity contribution >= 4 is 16.5 Å². The summed E-state index contributed by atoms with van der Waals surface area (Å²) in [6.45, 7) is 9.63. The van der Waals surface area contributed by atoms with Crippen molar-refractivity contribution in [2.24, 2.45) is 5.73 Å². The van der Waals surface area contributed by atoms with Crippen LogP contribution in [0.3, 0.4) is 0 Å². The lowest BCUT2D eigenvalue weighted by atomic mass is 10.0. The second-order valence-corrected chi connectivity index (χ2v) is 6.40. The van der Waals surface area contributed by atoms with E-state index >= 15 is 0 Å². The molecule has 0 bridgehead atoms. The van der Waals surface area contributed by atoms with Crippen molar-refractivity contribution in [1.29, 1.82) is 0 Å². The van der Waals surface area contributed by atoms with E-state index in [0.717, 1.165) is 37.7 Å². The molecule has 0 radical (unpaired) electrons. The summed E-state index contributed by atoms with van der Waals surface area (Å²) in [4.78, 5) is 8.39. The van der Waals surface area contributed by atoms with E-state index in [9.17, 15) is 0 Å². The summed E-state index contributed by atoms with van der Waals surface area (Å²) >= 11 is 1.74. The molecule has 4 nitrogen and oxygen atoms in total. The molecule has 5 heteroatoms.